The molecule has 7 nitrogen and oxygen atoms in total. The third kappa shape index (κ3) is 5.92. The second-order valence-electron chi connectivity index (χ2n) is 6.33. The normalized spacial score (nSPS) is 12.6. The molecule has 2 rings (SSSR count). The van der Waals surface area contributed by atoms with Gasteiger partial charge >= 0.3 is 0 Å². The number of Topliss-reactive ketones (excluding diaryl/α,β-unsaturated/α-hetero) is 1. The Morgan fingerprint density at radius 3 is 2.32 bits per heavy atom. The Morgan fingerprint density at radius 2 is 1.68 bits per heavy atom. The summed E-state index contributed by atoms with van der Waals surface area (Å²) in [6.07, 6.45) is -1.42. The lowest BCUT2D eigenvalue weighted by Crippen LogP contribution is -2.50. The SMILES string of the molecule is COc1ccccc1C(=O)CCC(=O)N[C@@H](Cc1ccccc1)[C@@H](O)C(N)=O. The van der Waals surface area contributed by atoms with Crippen LogP contribution in [0.1, 0.15) is 28.8 Å². The summed E-state index contributed by atoms with van der Waals surface area (Å²) in [7, 11) is 1.47. The van der Waals surface area contributed by atoms with Gasteiger partial charge in [0.2, 0.25) is 11.8 Å². The van der Waals surface area contributed by atoms with E-state index in [9.17, 15) is 19.5 Å². The van der Waals surface area contributed by atoms with Gasteiger partial charge in [-0.2, -0.15) is 0 Å². The molecule has 0 aliphatic heterocycles. The standard InChI is InChI=1S/C21H24N2O5/c1-28-18-10-6-5-9-15(18)17(24)11-12-19(25)23-16(20(26)21(22)27)13-14-7-3-2-4-8-14/h2-10,16,20,26H,11-13H2,1H3,(H2,22,27)(H,23,25)/t16-,20+/m0/s1. The van der Waals surface area contributed by atoms with Crippen LogP contribution in [0.5, 0.6) is 5.75 Å². The lowest BCUT2D eigenvalue weighted by molar-refractivity contribution is -0.129. The van der Waals surface area contributed by atoms with Crippen LogP contribution in [0.3, 0.4) is 0 Å². The number of carbonyl (C=O) groups is 3. The molecule has 0 saturated carbocycles. The Bertz CT molecular complexity index is 823. The molecule has 0 radical (unpaired) electrons. The number of ketones is 1. The molecule has 28 heavy (non-hydrogen) atoms. The molecular formula is C21H24N2O5. The lowest BCUT2D eigenvalue weighted by atomic mass is 10.00. The van der Waals surface area contributed by atoms with Crippen molar-refractivity contribution in [3.05, 3.63) is 65.7 Å². The maximum absolute atomic E-state index is 12.4. The lowest BCUT2D eigenvalue weighted by Gasteiger charge is -2.22. The number of hydrogen-bond donors (Lipinski definition) is 3. The largest absolute Gasteiger partial charge is 0.496 e. The van der Waals surface area contributed by atoms with E-state index >= 15 is 0 Å². The molecule has 0 aliphatic rings. The van der Waals surface area contributed by atoms with Gasteiger partial charge in [-0.15, -0.1) is 0 Å². The predicted octanol–water partition coefficient (Wildman–Crippen LogP) is 1.23. The van der Waals surface area contributed by atoms with E-state index in [2.05, 4.69) is 5.32 Å². The minimum atomic E-state index is -1.53. The Kier molecular flexibility index (Phi) is 7.71. The molecule has 0 heterocycles. The van der Waals surface area contributed by atoms with Crippen LogP contribution in [0.2, 0.25) is 0 Å². The molecule has 0 aliphatic carbocycles. The van der Waals surface area contributed by atoms with Crippen molar-refractivity contribution in [2.45, 2.75) is 31.4 Å². The summed E-state index contributed by atoms with van der Waals surface area (Å²) in [5.41, 5.74) is 6.42. The van der Waals surface area contributed by atoms with Gasteiger partial charge in [-0.05, 0) is 24.1 Å². The quantitative estimate of drug-likeness (QED) is 0.533. The number of ether oxygens (including phenoxy) is 1. The third-order valence-corrected chi connectivity index (χ3v) is 4.30. The first kappa shape index (κ1) is 21.1. The van der Waals surface area contributed by atoms with E-state index in [0.29, 0.717) is 11.3 Å². The number of carbonyl (C=O) groups excluding carboxylic acids is 3. The Hall–Kier alpha value is -3.19. The second kappa shape index (κ2) is 10.2. The van der Waals surface area contributed by atoms with Crippen LogP contribution in [0.25, 0.3) is 0 Å². The maximum Gasteiger partial charge on any atom is 0.248 e. The number of para-hydroxylation sites is 1. The van der Waals surface area contributed by atoms with Gasteiger partial charge in [0.05, 0.1) is 18.7 Å². The summed E-state index contributed by atoms with van der Waals surface area (Å²) in [5, 5.41) is 12.7. The van der Waals surface area contributed by atoms with Gasteiger partial charge in [-0.25, -0.2) is 0 Å². The predicted molar refractivity (Wildman–Crippen MR) is 104 cm³/mol. The highest BCUT2D eigenvalue weighted by molar-refractivity contribution is 6.00. The van der Waals surface area contributed by atoms with Crippen molar-refractivity contribution in [3.8, 4) is 5.75 Å². The van der Waals surface area contributed by atoms with Gasteiger partial charge in [-0.1, -0.05) is 42.5 Å². The molecule has 0 spiro atoms. The van der Waals surface area contributed by atoms with E-state index in [0.717, 1.165) is 5.56 Å². The van der Waals surface area contributed by atoms with Crippen molar-refractivity contribution in [3.63, 3.8) is 0 Å². The molecule has 0 saturated heterocycles. The average Bonchev–Trinajstić information content (AvgIpc) is 2.71. The van der Waals surface area contributed by atoms with Gasteiger partial charge in [0.1, 0.15) is 5.75 Å². The summed E-state index contributed by atoms with van der Waals surface area (Å²) in [6.45, 7) is 0. The van der Waals surface area contributed by atoms with Crippen LogP contribution in [-0.2, 0) is 16.0 Å². The number of benzene rings is 2. The van der Waals surface area contributed by atoms with E-state index in [4.69, 9.17) is 10.5 Å². The van der Waals surface area contributed by atoms with Crippen molar-refractivity contribution in [2.24, 2.45) is 5.73 Å². The van der Waals surface area contributed by atoms with Crippen LogP contribution in [0.4, 0.5) is 0 Å². The summed E-state index contributed by atoms with van der Waals surface area (Å²) in [4.78, 5) is 36.1. The van der Waals surface area contributed by atoms with Crippen LogP contribution >= 0.6 is 0 Å². The zero-order valence-corrected chi connectivity index (χ0v) is 15.6. The highest BCUT2D eigenvalue weighted by atomic mass is 16.5. The monoisotopic (exact) mass is 384 g/mol. The van der Waals surface area contributed by atoms with Crippen LogP contribution in [0, 0.1) is 0 Å². The topological polar surface area (TPSA) is 119 Å². The van der Waals surface area contributed by atoms with Crippen LogP contribution in [0.15, 0.2) is 54.6 Å². The molecule has 0 unspecified atom stereocenters. The summed E-state index contributed by atoms with van der Waals surface area (Å²) in [5.74, 6) is -1.17. The van der Waals surface area contributed by atoms with Crippen molar-refractivity contribution in [2.75, 3.05) is 7.11 Å². The molecular weight excluding hydrogens is 360 g/mol. The van der Waals surface area contributed by atoms with Gasteiger partial charge in [0.25, 0.3) is 0 Å². The van der Waals surface area contributed by atoms with Gasteiger partial charge in [0.15, 0.2) is 11.9 Å². The Morgan fingerprint density at radius 1 is 1.04 bits per heavy atom. The number of nitrogens with one attached hydrogen (secondary N) is 1. The molecule has 0 bridgehead atoms. The molecule has 7 heteroatoms. The number of hydrogen-bond acceptors (Lipinski definition) is 5. The fraction of sp³-hybridized carbons (Fsp3) is 0.286. The van der Waals surface area contributed by atoms with Crippen LogP contribution < -0.4 is 15.8 Å². The number of nitrogens with two attached hydrogens (primary N) is 1. The van der Waals surface area contributed by atoms with E-state index in [-0.39, 0.29) is 25.0 Å². The smallest absolute Gasteiger partial charge is 0.248 e. The molecule has 0 fully saturated rings. The first-order valence-corrected chi connectivity index (χ1v) is 8.89. The maximum atomic E-state index is 12.4. The molecule has 2 amide bonds. The van der Waals surface area contributed by atoms with Crippen molar-refractivity contribution < 1.29 is 24.2 Å². The van der Waals surface area contributed by atoms with E-state index < -0.39 is 24.0 Å². The Balaban J connectivity index is 1.99. The highest BCUT2D eigenvalue weighted by Gasteiger charge is 2.26. The molecule has 148 valence electrons. The molecule has 4 N–H and O–H groups in total. The number of aliphatic hydroxyl groups is 1. The highest BCUT2D eigenvalue weighted by Crippen LogP contribution is 2.19. The second-order valence-corrected chi connectivity index (χ2v) is 6.33. The summed E-state index contributed by atoms with van der Waals surface area (Å²) >= 11 is 0. The first-order valence-electron chi connectivity index (χ1n) is 8.89. The van der Waals surface area contributed by atoms with E-state index in [1.165, 1.54) is 7.11 Å². The number of primary amides is 1. The zero-order valence-electron chi connectivity index (χ0n) is 15.6. The van der Waals surface area contributed by atoms with E-state index in [1.807, 2.05) is 30.3 Å². The number of aliphatic hydroxyl groups excluding tert-OH is 1. The summed E-state index contributed by atoms with van der Waals surface area (Å²) < 4.78 is 5.16. The number of amides is 2. The fourth-order valence-corrected chi connectivity index (χ4v) is 2.82. The minimum absolute atomic E-state index is 0.0308. The van der Waals surface area contributed by atoms with E-state index in [1.54, 1.807) is 24.3 Å². The van der Waals surface area contributed by atoms with Gasteiger partial charge < -0.3 is 20.9 Å². The van der Waals surface area contributed by atoms with Crippen molar-refractivity contribution in [1.29, 1.82) is 0 Å². The molecule has 0 aromatic heterocycles. The van der Waals surface area contributed by atoms with Crippen LogP contribution in [-0.4, -0.2) is 42.0 Å². The molecule has 2 atom stereocenters. The minimum Gasteiger partial charge on any atom is -0.496 e. The number of methoxy groups -OCH3 is 1. The first-order chi connectivity index (χ1) is 13.4. The van der Waals surface area contributed by atoms with Gasteiger partial charge in [0, 0.05) is 12.8 Å². The molecule has 2 aromatic carbocycles. The fourth-order valence-electron chi connectivity index (χ4n) is 2.82. The number of rotatable bonds is 10. The van der Waals surface area contributed by atoms with Crippen molar-refractivity contribution in [1.82, 2.24) is 5.32 Å². The molecule has 2 aromatic rings. The third-order valence-electron chi connectivity index (χ3n) is 4.30. The average molecular weight is 384 g/mol. The van der Waals surface area contributed by atoms with Gasteiger partial charge in [-0.3, -0.25) is 14.4 Å². The summed E-state index contributed by atoms with van der Waals surface area (Å²) in [6, 6.07) is 15.0. The Labute approximate surface area is 163 Å². The zero-order chi connectivity index (χ0) is 20.5. The van der Waals surface area contributed by atoms with Crippen molar-refractivity contribution >= 4 is 17.6 Å².